The van der Waals surface area contributed by atoms with Gasteiger partial charge in [0.1, 0.15) is 0 Å². The number of nitrogens with zero attached hydrogens (tertiary/aromatic N) is 2. The summed E-state index contributed by atoms with van der Waals surface area (Å²) >= 11 is 0. The van der Waals surface area contributed by atoms with Crippen molar-refractivity contribution in [1.82, 2.24) is 9.80 Å². The fraction of sp³-hybridized carbons (Fsp3) is 0.700. The summed E-state index contributed by atoms with van der Waals surface area (Å²) in [4.78, 5) is 15.6. The van der Waals surface area contributed by atoms with Crippen molar-refractivity contribution in [2.75, 3.05) is 33.7 Å². The Kier molecular flexibility index (Phi) is 3.47. The molecule has 0 spiro atoms. The molecule has 0 N–H and O–H groups in total. The third-order valence-corrected chi connectivity index (χ3v) is 2.51. The number of ketones is 1. The number of terminal acetylenes is 1. The van der Waals surface area contributed by atoms with Crippen LogP contribution in [0.5, 0.6) is 0 Å². The van der Waals surface area contributed by atoms with Crippen molar-refractivity contribution < 1.29 is 4.79 Å². The maximum Gasteiger partial charge on any atom is 0.223 e. The summed E-state index contributed by atoms with van der Waals surface area (Å²) in [6.07, 6.45) is 6.22. The smallest absolute Gasteiger partial charge is 0.223 e. The van der Waals surface area contributed by atoms with Crippen LogP contribution in [0.4, 0.5) is 0 Å². The van der Waals surface area contributed by atoms with Crippen LogP contribution in [0.3, 0.4) is 0 Å². The summed E-state index contributed by atoms with van der Waals surface area (Å²) < 4.78 is 0. The van der Waals surface area contributed by atoms with Crippen LogP contribution >= 0.6 is 0 Å². The normalized spacial score (nSPS) is 26.4. The first-order chi connectivity index (χ1) is 6.15. The van der Waals surface area contributed by atoms with Gasteiger partial charge in [0.05, 0.1) is 6.04 Å². The lowest BCUT2D eigenvalue weighted by atomic mass is 10.1. The Labute approximate surface area is 79.7 Å². The summed E-state index contributed by atoms with van der Waals surface area (Å²) in [6.45, 7) is 2.74. The third kappa shape index (κ3) is 2.55. The van der Waals surface area contributed by atoms with Crippen molar-refractivity contribution in [3.8, 4) is 12.3 Å². The van der Waals surface area contributed by atoms with Crippen molar-refractivity contribution in [2.45, 2.75) is 12.5 Å². The van der Waals surface area contributed by atoms with Crippen LogP contribution < -0.4 is 0 Å². The first kappa shape index (κ1) is 10.2. The Morgan fingerprint density at radius 2 is 2.15 bits per heavy atom. The van der Waals surface area contributed by atoms with E-state index in [1.165, 1.54) is 0 Å². The molecule has 1 rings (SSSR count). The van der Waals surface area contributed by atoms with E-state index in [-0.39, 0.29) is 11.8 Å². The van der Waals surface area contributed by atoms with Gasteiger partial charge in [-0.3, -0.25) is 9.69 Å². The molecule has 1 saturated heterocycles. The molecule has 1 heterocycles. The second-order valence-corrected chi connectivity index (χ2v) is 3.62. The molecule has 0 saturated carbocycles. The van der Waals surface area contributed by atoms with Crippen molar-refractivity contribution in [1.29, 1.82) is 0 Å². The Morgan fingerprint density at radius 1 is 1.46 bits per heavy atom. The molecule has 1 aliphatic heterocycles. The van der Waals surface area contributed by atoms with E-state index < -0.39 is 0 Å². The van der Waals surface area contributed by atoms with Crippen LogP contribution in [0.1, 0.15) is 6.42 Å². The molecule has 3 nitrogen and oxygen atoms in total. The molecule has 3 heteroatoms. The largest absolute Gasteiger partial charge is 0.304 e. The molecule has 72 valence electrons. The molecule has 0 radical (unpaired) electrons. The number of Topliss-reactive ketones (excluding diaryl/α,β-unsaturated/α-hetero) is 1. The van der Waals surface area contributed by atoms with E-state index in [1.807, 2.05) is 19.0 Å². The minimum Gasteiger partial charge on any atom is -0.304 e. The second-order valence-electron chi connectivity index (χ2n) is 3.62. The zero-order valence-electron chi connectivity index (χ0n) is 8.29. The number of carbonyl (C=O) groups is 1. The average Bonchev–Trinajstić information content (AvgIpc) is 2.27. The van der Waals surface area contributed by atoms with E-state index in [0.717, 1.165) is 26.1 Å². The molecular formula is C10H16N2O. The zero-order chi connectivity index (χ0) is 9.84. The summed E-state index contributed by atoms with van der Waals surface area (Å²) in [7, 11) is 3.98. The van der Waals surface area contributed by atoms with Crippen molar-refractivity contribution >= 4 is 5.78 Å². The molecule has 0 aromatic rings. The Hall–Kier alpha value is -0.850. The van der Waals surface area contributed by atoms with E-state index >= 15 is 0 Å². The van der Waals surface area contributed by atoms with Crippen molar-refractivity contribution in [3.05, 3.63) is 0 Å². The van der Waals surface area contributed by atoms with E-state index in [1.54, 1.807) is 0 Å². The lowest BCUT2D eigenvalue weighted by Crippen LogP contribution is -2.43. The van der Waals surface area contributed by atoms with Crippen LogP contribution in [-0.2, 0) is 4.79 Å². The molecule has 0 aromatic heterocycles. The van der Waals surface area contributed by atoms with Gasteiger partial charge in [0.15, 0.2) is 0 Å². The quantitative estimate of drug-likeness (QED) is 0.413. The van der Waals surface area contributed by atoms with Gasteiger partial charge in [0.2, 0.25) is 5.78 Å². The highest BCUT2D eigenvalue weighted by molar-refractivity contribution is 5.99. The van der Waals surface area contributed by atoms with Gasteiger partial charge in [-0.05, 0) is 39.5 Å². The highest BCUT2D eigenvalue weighted by atomic mass is 16.1. The van der Waals surface area contributed by atoms with Gasteiger partial charge in [-0.2, -0.15) is 0 Å². The molecule has 0 amide bonds. The van der Waals surface area contributed by atoms with Crippen molar-refractivity contribution in [2.24, 2.45) is 0 Å². The molecular weight excluding hydrogens is 164 g/mol. The predicted octanol–water partition coefficient (Wildman–Crippen LogP) is -0.175. The first-order valence-electron chi connectivity index (χ1n) is 4.54. The fourth-order valence-corrected chi connectivity index (χ4v) is 1.65. The van der Waals surface area contributed by atoms with E-state index in [0.29, 0.717) is 0 Å². The molecule has 0 aromatic carbocycles. The summed E-state index contributed by atoms with van der Waals surface area (Å²) in [5.41, 5.74) is 0. The number of hydrogen-bond acceptors (Lipinski definition) is 3. The van der Waals surface area contributed by atoms with Gasteiger partial charge in [0.25, 0.3) is 0 Å². The summed E-state index contributed by atoms with van der Waals surface area (Å²) in [5, 5.41) is 0. The van der Waals surface area contributed by atoms with E-state index in [9.17, 15) is 4.79 Å². The highest BCUT2D eigenvalue weighted by Crippen LogP contribution is 2.06. The topological polar surface area (TPSA) is 23.6 Å². The van der Waals surface area contributed by atoms with Gasteiger partial charge in [-0.1, -0.05) is 0 Å². The Bertz CT molecular complexity index is 232. The molecule has 1 aliphatic rings. The Balaban J connectivity index is 2.68. The maximum absolute atomic E-state index is 11.4. The molecule has 1 atom stereocenters. The van der Waals surface area contributed by atoms with E-state index in [4.69, 9.17) is 6.42 Å². The van der Waals surface area contributed by atoms with Gasteiger partial charge < -0.3 is 4.90 Å². The van der Waals surface area contributed by atoms with Crippen LogP contribution in [0, 0.1) is 12.3 Å². The van der Waals surface area contributed by atoms with Gasteiger partial charge >= 0.3 is 0 Å². The van der Waals surface area contributed by atoms with Gasteiger partial charge in [-0.25, -0.2) is 0 Å². The number of carbonyl (C=O) groups excluding carboxylic acids is 1. The number of likely N-dealkylation sites (N-methyl/N-ethyl adjacent to an activating group) is 2. The molecule has 0 aliphatic carbocycles. The van der Waals surface area contributed by atoms with Gasteiger partial charge in [-0.15, -0.1) is 6.42 Å². The molecule has 13 heavy (non-hydrogen) atoms. The van der Waals surface area contributed by atoms with Crippen LogP contribution in [0.2, 0.25) is 0 Å². The van der Waals surface area contributed by atoms with Crippen LogP contribution in [0.15, 0.2) is 0 Å². The second kappa shape index (κ2) is 4.40. The summed E-state index contributed by atoms with van der Waals surface area (Å²) in [5.74, 6) is 2.11. The average molecular weight is 180 g/mol. The van der Waals surface area contributed by atoms with Crippen molar-refractivity contribution in [3.63, 3.8) is 0 Å². The molecule has 1 unspecified atom stereocenters. The minimum atomic E-state index is -0.113. The van der Waals surface area contributed by atoms with E-state index in [2.05, 4.69) is 10.8 Å². The molecule has 1 fully saturated rings. The highest BCUT2D eigenvalue weighted by Gasteiger charge is 2.25. The standard InChI is InChI=1S/C10H16N2O/c1-4-10(13)9-8-11(2)6-5-7-12(9)3/h1,9H,5-8H2,2-3H3. The summed E-state index contributed by atoms with van der Waals surface area (Å²) in [6, 6.07) is -0.113. The lowest BCUT2D eigenvalue weighted by Gasteiger charge is -2.23. The maximum atomic E-state index is 11.4. The minimum absolute atomic E-state index is 0.101. The van der Waals surface area contributed by atoms with Crippen LogP contribution in [0.25, 0.3) is 0 Å². The SMILES string of the molecule is C#CC(=O)C1CN(C)CCCN1C. The number of rotatable bonds is 1. The predicted molar refractivity (Wildman–Crippen MR) is 52.4 cm³/mol. The third-order valence-electron chi connectivity index (χ3n) is 2.51. The zero-order valence-corrected chi connectivity index (χ0v) is 8.29. The Morgan fingerprint density at radius 3 is 2.77 bits per heavy atom. The van der Waals surface area contributed by atoms with Gasteiger partial charge in [0, 0.05) is 6.54 Å². The lowest BCUT2D eigenvalue weighted by molar-refractivity contribution is -0.118. The molecule has 0 bridgehead atoms. The van der Waals surface area contributed by atoms with Crippen LogP contribution in [-0.4, -0.2) is 55.4 Å². The number of hydrogen-bond donors (Lipinski definition) is 0. The fourth-order valence-electron chi connectivity index (χ4n) is 1.65. The first-order valence-corrected chi connectivity index (χ1v) is 4.54. The monoisotopic (exact) mass is 180 g/mol.